The van der Waals surface area contributed by atoms with E-state index in [2.05, 4.69) is 153 Å². The van der Waals surface area contributed by atoms with E-state index in [1.165, 1.54) is 116 Å². The van der Waals surface area contributed by atoms with Gasteiger partial charge in [0.1, 0.15) is 73.2 Å². The SMILES string of the molecule is CC/C=C\C/C=C\C/C=C\C/C=C\C/C=C\C/C=C\C/C=C\C/C=C\C/C=C\CCCCCCCCCC(=O)NC(COC1OC(CO)C(OC2OC(CO)C(OC3OC(CO)C(O)C(O)C3O)C(O)C2O)C(O)C1O)C(O)/C=C/CC/C=C/CC/C=C/CCCCCCCCCCCCCCCCCCCC. The molecule has 3 aliphatic rings. The van der Waals surface area contributed by atoms with E-state index in [4.69, 9.17) is 28.4 Å². The highest BCUT2D eigenvalue weighted by Gasteiger charge is 2.54. The summed E-state index contributed by atoms with van der Waals surface area (Å²) in [6.45, 7) is 1.60. The van der Waals surface area contributed by atoms with Gasteiger partial charge in [-0.05, 0) is 116 Å². The lowest BCUT2D eigenvalue weighted by Crippen LogP contribution is -2.66. The Morgan fingerprint density at radius 3 is 1.04 bits per heavy atom. The largest absolute Gasteiger partial charge is 0.394 e. The van der Waals surface area contributed by atoms with Crippen molar-refractivity contribution in [3.8, 4) is 0 Å². The fourth-order valence-electron chi connectivity index (χ4n) is 13.2. The van der Waals surface area contributed by atoms with Crippen LogP contribution in [0.25, 0.3) is 0 Å². The van der Waals surface area contributed by atoms with Gasteiger partial charge in [-0.1, -0.05) is 301 Å². The minimum atomic E-state index is -1.99. The van der Waals surface area contributed by atoms with Crippen molar-refractivity contribution in [2.45, 2.75) is 381 Å². The van der Waals surface area contributed by atoms with Crippen LogP contribution in [-0.4, -0.2) is 193 Å². The first-order valence-electron chi connectivity index (χ1n) is 42.1. The zero-order valence-corrected chi connectivity index (χ0v) is 66.3. The molecule has 0 spiro atoms. The van der Waals surface area contributed by atoms with E-state index in [1.807, 2.05) is 6.08 Å². The molecule has 108 heavy (non-hydrogen) atoms. The summed E-state index contributed by atoms with van der Waals surface area (Å²) in [5.74, 6) is -0.305. The predicted octanol–water partition coefficient (Wildman–Crippen LogP) is 15.0. The molecule has 0 aromatic rings. The Hall–Kier alpha value is -4.33. The molecule has 0 saturated carbocycles. The molecular weight excluding hydrogens is 1370 g/mol. The Morgan fingerprint density at radius 2 is 0.648 bits per heavy atom. The molecule has 19 heteroatoms. The molecule has 0 aromatic carbocycles. The summed E-state index contributed by atoms with van der Waals surface area (Å²) in [6, 6.07) is -1.02. The van der Waals surface area contributed by atoms with Gasteiger partial charge in [0.15, 0.2) is 18.9 Å². The lowest BCUT2D eigenvalue weighted by Gasteiger charge is -2.48. The first-order valence-corrected chi connectivity index (χ1v) is 42.1. The highest BCUT2D eigenvalue weighted by Crippen LogP contribution is 2.33. The van der Waals surface area contributed by atoms with Crippen LogP contribution in [-0.2, 0) is 33.2 Å². The molecule has 12 N–H and O–H groups in total. The summed E-state index contributed by atoms with van der Waals surface area (Å²) in [7, 11) is 0. The van der Waals surface area contributed by atoms with Crippen LogP contribution in [0.5, 0.6) is 0 Å². The van der Waals surface area contributed by atoms with Crippen LogP contribution in [0.1, 0.15) is 277 Å². The molecule has 0 aromatic heterocycles. The second kappa shape index (κ2) is 67.2. The van der Waals surface area contributed by atoms with Crippen LogP contribution in [0.2, 0.25) is 0 Å². The zero-order chi connectivity index (χ0) is 78.1. The van der Waals surface area contributed by atoms with Crippen molar-refractivity contribution >= 4 is 5.91 Å². The average Bonchev–Trinajstić information content (AvgIpc) is 0.774. The number of rotatable bonds is 65. The van der Waals surface area contributed by atoms with Gasteiger partial charge in [-0.3, -0.25) is 4.79 Å². The van der Waals surface area contributed by atoms with Crippen molar-refractivity contribution < 1.29 is 89.4 Å². The topological polar surface area (TPSA) is 307 Å². The Labute approximate surface area is 651 Å². The summed E-state index contributed by atoms with van der Waals surface area (Å²) in [5.41, 5.74) is 0. The molecule has 1 amide bonds. The molecule has 19 nitrogen and oxygen atoms in total. The van der Waals surface area contributed by atoms with E-state index < -0.39 is 124 Å². The van der Waals surface area contributed by atoms with Gasteiger partial charge in [-0.2, -0.15) is 0 Å². The van der Waals surface area contributed by atoms with Gasteiger partial charge in [0, 0.05) is 6.42 Å². The fraction of sp³-hybridized carbons (Fsp3) is 0.719. The normalized spacial score (nSPS) is 26.2. The molecule has 3 rings (SSSR count). The first-order chi connectivity index (χ1) is 52.8. The van der Waals surface area contributed by atoms with Gasteiger partial charge in [-0.25, -0.2) is 0 Å². The number of aliphatic hydroxyl groups excluding tert-OH is 11. The molecule has 3 heterocycles. The van der Waals surface area contributed by atoms with E-state index in [9.17, 15) is 61.0 Å². The molecule has 0 radical (unpaired) electrons. The summed E-state index contributed by atoms with van der Waals surface area (Å²) in [5, 5.41) is 121. The van der Waals surface area contributed by atoms with Crippen LogP contribution >= 0.6 is 0 Å². The second-order valence-corrected chi connectivity index (χ2v) is 29.2. The highest BCUT2D eigenvalue weighted by molar-refractivity contribution is 5.76. The maximum atomic E-state index is 13.5. The van der Waals surface area contributed by atoms with Crippen molar-refractivity contribution in [2.24, 2.45) is 0 Å². The number of hydrogen-bond acceptors (Lipinski definition) is 18. The molecule has 3 aliphatic heterocycles. The molecule has 17 unspecified atom stereocenters. The van der Waals surface area contributed by atoms with Crippen molar-refractivity contribution in [1.29, 1.82) is 0 Å². The Kier molecular flexibility index (Phi) is 60.9. The van der Waals surface area contributed by atoms with Gasteiger partial charge in [0.25, 0.3) is 0 Å². The molecule has 3 fully saturated rings. The predicted molar refractivity (Wildman–Crippen MR) is 433 cm³/mol. The minimum Gasteiger partial charge on any atom is -0.394 e. The van der Waals surface area contributed by atoms with E-state index in [-0.39, 0.29) is 18.9 Å². The Bertz CT molecular complexity index is 2520. The van der Waals surface area contributed by atoms with Crippen LogP contribution in [0.3, 0.4) is 0 Å². The first kappa shape index (κ1) is 97.9. The smallest absolute Gasteiger partial charge is 0.220 e. The van der Waals surface area contributed by atoms with Crippen molar-refractivity contribution in [2.75, 3.05) is 26.4 Å². The number of nitrogens with one attached hydrogen (secondary N) is 1. The van der Waals surface area contributed by atoms with Gasteiger partial charge >= 0.3 is 0 Å². The number of hydrogen-bond donors (Lipinski definition) is 12. The van der Waals surface area contributed by atoms with Gasteiger partial charge in [0.05, 0.1) is 38.6 Å². The third-order valence-corrected chi connectivity index (χ3v) is 19.8. The molecule has 0 aliphatic carbocycles. The Balaban J connectivity index is 1.39. The quantitative estimate of drug-likeness (QED) is 0.0199. The van der Waals surface area contributed by atoms with E-state index in [0.717, 1.165) is 128 Å². The van der Waals surface area contributed by atoms with E-state index in [1.54, 1.807) is 6.08 Å². The third-order valence-electron chi connectivity index (χ3n) is 19.8. The lowest BCUT2D eigenvalue weighted by molar-refractivity contribution is -0.379. The van der Waals surface area contributed by atoms with Crippen molar-refractivity contribution in [3.05, 3.63) is 146 Å². The van der Waals surface area contributed by atoms with Gasteiger partial charge in [0.2, 0.25) is 5.91 Å². The van der Waals surface area contributed by atoms with Crippen molar-refractivity contribution in [1.82, 2.24) is 5.32 Å². The molecule has 0 bridgehead atoms. The summed E-state index contributed by atoms with van der Waals surface area (Å²) < 4.78 is 34.4. The second-order valence-electron chi connectivity index (χ2n) is 29.2. The molecule has 618 valence electrons. The van der Waals surface area contributed by atoms with E-state index in [0.29, 0.717) is 12.8 Å². The fourth-order valence-corrected chi connectivity index (χ4v) is 13.2. The Morgan fingerprint density at radius 1 is 0.343 bits per heavy atom. The number of allylic oxidation sites excluding steroid dienone is 23. The minimum absolute atomic E-state index is 0.209. The van der Waals surface area contributed by atoms with E-state index >= 15 is 0 Å². The molecule has 3 saturated heterocycles. The maximum absolute atomic E-state index is 13.5. The number of carbonyl (C=O) groups is 1. The average molecular weight is 1520 g/mol. The summed E-state index contributed by atoms with van der Waals surface area (Å²) in [6.07, 6.45) is 71.2. The zero-order valence-electron chi connectivity index (χ0n) is 66.3. The lowest BCUT2D eigenvalue weighted by atomic mass is 9.96. The van der Waals surface area contributed by atoms with Crippen LogP contribution in [0.15, 0.2) is 146 Å². The van der Waals surface area contributed by atoms with Gasteiger partial charge < -0.3 is 89.9 Å². The standard InChI is InChI=1S/C89H149NO18/c1-3-5-7-9-11-13-15-17-19-21-23-25-27-29-31-33-34-35-36-37-38-39-41-43-45-47-49-51-53-55-57-59-61-63-65-67-77(95)90-72(73(94)66-64-62-60-58-56-54-52-50-48-46-44-42-40-32-30-28-26-24-22-20-18-16-14-12-10-8-6-4-2)71-103-87-83(101)80(98)85(75(69-92)105-87)108-89-84(102)81(99)86(76(70-93)106-89)107-88-82(100)79(97)78(96)74(68-91)104-88/h5,7,11,13,17,19,23,25,29,31,34-35,37-38,41,43,47-50,56,58,64,66,72-76,78-89,91-94,96-102H,3-4,6,8-10,12,14-16,18,20-22,24,26-28,30,32-33,36,39-40,42,44-46,51-55,57,59-63,65,67-71H2,1-2H3,(H,90,95)/b7-5-,13-11-,19-17-,25-23-,31-29-,35-34-,38-37-,43-41-,49-47-,50-48+,58-56+,66-64+. The summed E-state index contributed by atoms with van der Waals surface area (Å²) in [4.78, 5) is 13.5. The number of ether oxygens (including phenoxy) is 6. The molecule has 17 atom stereocenters. The van der Waals surface area contributed by atoms with Crippen molar-refractivity contribution in [3.63, 3.8) is 0 Å². The number of unbranched alkanes of at least 4 members (excludes halogenated alkanes) is 27. The third kappa shape index (κ3) is 46.0. The maximum Gasteiger partial charge on any atom is 0.220 e. The van der Waals surface area contributed by atoms with Crippen LogP contribution in [0.4, 0.5) is 0 Å². The van der Waals surface area contributed by atoms with Gasteiger partial charge in [-0.15, -0.1) is 0 Å². The van der Waals surface area contributed by atoms with Crippen LogP contribution < -0.4 is 5.32 Å². The van der Waals surface area contributed by atoms with Crippen LogP contribution in [0, 0.1) is 0 Å². The number of carbonyl (C=O) groups excluding carboxylic acids is 1. The molecular formula is C89H149NO18. The highest BCUT2D eigenvalue weighted by atomic mass is 16.8. The number of amides is 1. The summed E-state index contributed by atoms with van der Waals surface area (Å²) >= 11 is 0. The monoisotopic (exact) mass is 1520 g/mol. The number of aliphatic hydroxyl groups is 11.